The second-order valence-corrected chi connectivity index (χ2v) is 13.4. The van der Waals surface area contributed by atoms with E-state index in [0.717, 1.165) is 48.5 Å². The van der Waals surface area contributed by atoms with Gasteiger partial charge in [-0.1, -0.05) is 5.11 Å². The summed E-state index contributed by atoms with van der Waals surface area (Å²) in [4.78, 5) is 88.6. The molecule has 0 aromatic carbocycles. The van der Waals surface area contributed by atoms with E-state index in [2.05, 4.69) is 10.0 Å². The predicted octanol–water partition coefficient (Wildman–Crippen LogP) is 1.15. The number of nitrogens with zero attached hydrogens (tertiary/aromatic N) is 3. The third-order valence-electron chi connectivity index (χ3n) is 8.16. The number of carbonyl (C=O) groups excluding carboxylic acids is 7. The Hall–Kier alpha value is -4.68. The molecule has 0 radical (unpaired) electrons. The summed E-state index contributed by atoms with van der Waals surface area (Å²) in [6.07, 6.45) is -13.8. The van der Waals surface area contributed by atoms with Crippen molar-refractivity contribution in [2.24, 2.45) is 5.11 Å². The average molecular weight is 880 g/mol. The normalized spacial score (nSPS) is 25.8. The molecular formula is C37H57N3O21. The van der Waals surface area contributed by atoms with Crippen LogP contribution in [0.15, 0.2) is 5.11 Å². The zero-order chi connectivity index (χ0) is 45.3. The van der Waals surface area contributed by atoms with Crippen molar-refractivity contribution < 1.29 is 99.9 Å². The maximum Gasteiger partial charge on any atom is 0.303 e. The Morgan fingerprint density at radius 1 is 0.475 bits per heavy atom. The van der Waals surface area contributed by atoms with Crippen molar-refractivity contribution in [1.29, 1.82) is 0 Å². The minimum absolute atomic E-state index is 0.0356. The van der Waals surface area contributed by atoms with Gasteiger partial charge in [0.2, 0.25) is 0 Å². The minimum atomic E-state index is -1.81. The topological polar surface area (TPSA) is 297 Å². The highest BCUT2D eigenvalue weighted by atomic mass is 16.8. The van der Waals surface area contributed by atoms with E-state index >= 15 is 0 Å². The number of hydrogen-bond donors (Lipinski definition) is 0. The van der Waals surface area contributed by atoms with Crippen molar-refractivity contribution in [3.8, 4) is 0 Å². The van der Waals surface area contributed by atoms with E-state index in [0.29, 0.717) is 58.8 Å². The summed E-state index contributed by atoms with van der Waals surface area (Å²) in [6.45, 7) is 8.80. The van der Waals surface area contributed by atoms with Crippen LogP contribution in [0.4, 0.5) is 0 Å². The van der Waals surface area contributed by atoms with Gasteiger partial charge in [0.15, 0.2) is 43.1 Å². The van der Waals surface area contributed by atoms with Crippen LogP contribution in [0.25, 0.3) is 10.4 Å². The lowest BCUT2D eigenvalue weighted by Gasteiger charge is -2.48. The van der Waals surface area contributed by atoms with Crippen LogP contribution in [0.1, 0.15) is 67.7 Å². The van der Waals surface area contributed by atoms with Crippen LogP contribution in [0, 0.1) is 0 Å². The number of carbonyl (C=O) groups is 7. The first-order valence-electron chi connectivity index (χ1n) is 19.5. The van der Waals surface area contributed by atoms with Crippen LogP contribution >= 0.6 is 0 Å². The molecule has 24 nitrogen and oxygen atoms in total. The Balaban J connectivity index is 2.30. The number of ether oxygens (including phenoxy) is 14. The second kappa shape index (κ2) is 28.8. The van der Waals surface area contributed by atoms with E-state index in [1.165, 1.54) is 0 Å². The monoisotopic (exact) mass is 879 g/mol. The Labute approximate surface area is 352 Å². The summed E-state index contributed by atoms with van der Waals surface area (Å²) in [7, 11) is 0. The van der Waals surface area contributed by atoms with Crippen LogP contribution in [-0.2, 0) is 99.9 Å². The van der Waals surface area contributed by atoms with Gasteiger partial charge < -0.3 is 66.3 Å². The molecule has 0 aromatic heterocycles. The molecule has 0 unspecified atom stereocenters. The lowest BCUT2D eigenvalue weighted by molar-refractivity contribution is -0.361. The lowest BCUT2D eigenvalue weighted by Crippen LogP contribution is -2.67. The molecule has 2 rings (SSSR count). The van der Waals surface area contributed by atoms with Crippen molar-refractivity contribution in [1.82, 2.24) is 0 Å². The van der Waals surface area contributed by atoms with Crippen molar-refractivity contribution in [2.45, 2.75) is 129 Å². The van der Waals surface area contributed by atoms with Crippen LogP contribution in [0.3, 0.4) is 0 Å². The van der Waals surface area contributed by atoms with Crippen molar-refractivity contribution in [3.63, 3.8) is 0 Å². The molecular weight excluding hydrogens is 822 g/mol. The van der Waals surface area contributed by atoms with E-state index in [1.54, 1.807) is 0 Å². The molecule has 0 aromatic rings. The highest BCUT2D eigenvalue weighted by Crippen LogP contribution is 2.35. The Bertz CT molecular complexity index is 1480. The van der Waals surface area contributed by atoms with Crippen LogP contribution < -0.4 is 0 Å². The molecule has 61 heavy (non-hydrogen) atoms. The molecule has 2 fully saturated rings. The molecule has 2 saturated heterocycles. The summed E-state index contributed by atoms with van der Waals surface area (Å²) in [6, 6.07) is 0. The summed E-state index contributed by atoms with van der Waals surface area (Å²) < 4.78 is 79.1. The predicted molar refractivity (Wildman–Crippen MR) is 200 cm³/mol. The fraction of sp³-hybridized carbons (Fsp3) is 0.811. The highest BCUT2D eigenvalue weighted by molar-refractivity contribution is 5.69. The molecule has 24 heteroatoms. The van der Waals surface area contributed by atoms with Gasteiger partial charge in [-0.3, -0.25) is 33.6 Å². The second-order valence-electron chi connectivity index (χ2n) is 13.4. The third-order valence-corrected chi connectivity index (χ3v) is 8.16. The van der Waals surface area contributed by atoms with Crippen LogP contribution in [-0.4, -0.2) is 169 Å². The largest absolute Gasteiger partial charge is 0.463 e. The fourth-order valence-electron chi connectivity index (χ4n) is 5.94. The first-order chi connectivity index (χ1) is 29.0. The van der Waals surface area contributed by atoms with Crippen molar-refractivity contribution in [2.75, 3.05) is 66.0 Å². The average Bonchev–Trinajstić information content (AvgIpc) is 3.16. The number of esters is 7. The van der Waals surface area contributed by atoms with Gasteiger partial charge in [-0.05, 0) is 24.8 Å². The third kappa shape index (κ3) is 20.6. The molecule has 2 aliphatic heterocycles. The summed E-state index contributed by atoms with van der Waals surface area (Å²) >= 11 is 0. The maximum atomic E-state index is 12.6. The van der Waals surface area contributed by atoms with Gasteiger partial charge in [0.05, 0.1) is 13.2 Å². The van der Waals surface area contributed by atoms with Crippen LogP contribution in [0.5, 0.6) is 0 Å². The Morgan fingerprint density at radius 3 is 1.34 bits per heavy atom. The SMILES string of the molecule is CC(=O)OC[C@H]1O[C@@H](O[C@H]2[C@H](OC(C)=O)[C@@H](OC(C)=O)[C@H](OCCOCCCOCCCOCCCN=[N+]=[N-])O[C@@H]2COC(C)=O)[C@H](OC(C)=O)[C@@H](OC(C)=O)[C@@H]1OC(C)=O. The van der Waals surface area contributed by atoms with E-state index in [4.69, 9.17) is 71.8 Å². The summed E-state index contributed by atoms with van der Waals surface area (Å²) in [5.41, 5.74) is 8.27. The van der Waals surface area contributed by atoms with Gasteiger partial charge in [0.25, 0.3) is 0 Å². The number of azide groups is 1. The Morgan fingerprint density at radius 2 is 0.869 bits per heavy atom. The summed E-state index contributed by atoms with van der Waals surface area (Å²) in [5, 5.41) is 3.44. The lowest BCUT2D eigenvalue weighted by atomic mass is 9.96. The van der Waals surface area contributed by atoms with E-state index in [1.807, 2.05) is 0 Å². The zero-order valence-corrected chi connectivity index (χ0v) is 35.4. The van der Waals surface area contributed by atoms with Crippen LogP contribution in [0.2, 0.25) is 0 Å². The molecule has 10 atom stereocenters. The van der Waals surface area contributed by atoms with Gasteiger partial charge in [-0.15, -0.1) is 0 Å². The molecule has 0 bridgehead atoms. The molecule has 2 aliphatic rings. The number of rotatable bonds is 27. The maximum absolute atomic E-state index is 12.6. The van der Waals surface area contributed by atoms with Gasteiger partial charge in [-0.25, -0.2) is 0 Å². The van der Waals surface area contributed by atoms with Crippen molar-refractivity contribution >= 4 is 41.8 Å². The first-order valence-corrected chi connectivity index (χ1v) is 19.5. The molecule has 0 aliphatic carbocycles. The van der Waals surface area contributed by atoms with Gasteiger partial charge in [0.1, 0.15) is 31.5 Å². The van der Waals surface area contributed by atoms with E-state index < -0.39 is 116 Å². The minimum Gasteiger partial charge on any atom is -0.463 e. The standard InChI is InChI=1S/C37H57N3O21/c1-21(41)52-19-28-30(54-23(3)43)32(55-24(4)44)35(58-27(7)47)37(60-28)61-31-29(20-53-22(2)42)59-36(34(57-26(6)46)33(31)56-25(5)45)51-18-17-50-16-10-15-49-14-9-13-48-12-8-11-39-40-38/h28-37H,8-20H2,1-7H3/t28-,29-,30-,31-,32+,33+,34-,35-,36-,37+/m1/s1. The molecule has 0 amide bonds. The fourth-order valence-corrected chi connectivity index (χ4v) is 5.94. The first kappa shape index (κ1) is 52.5. The van der Waals surface area contributed by atoms with Gasteiger partial charge in [0, 0.05) is 93.0 Å². The van der Waals surface area contributed by atoms with Gasteiger partial charge >= 0.3 is 41.8 Å². The molecule has 0 saturated carbocycles. The highest BCUT2D eigenvalue weighted by Gasteiger charge is 2.57. The molecule has 2 heterocycles. The Kier molecular flexibility index (Phi) is 24.7. The van der Waals surface area contributed by atoms with Crippen molar-refractivity contribution in [3.05, 3.63) is 10.4 Å². The molecule has 346 valence electrons. The van der Waals surface area contributed by atoms with Gasteiger partial charge in [-0.2, -0.15) is 0 Å². The van der Waals surface area contributed by atoms with E-state index in [9.17, 15) is 33.6 Å². The zero-order valence-electron chi connectivity index (χ0n) is 35.4. The van der Waals surface area contributed by atoms with E-state index in [-0.39, 0.29) is 13.2 Å². The number of hydrogen-bond acceptors (Lipinski definition) is 22. The molecule has 0 spiro atoms. The smallest absolute Gasteiger partial charge is 0.303 e. The quantitative estimate of drug-likeness (QED) is 0.0279. The summed E-state index contributed by atoms with van der Waals surface area (Å²) in [5.74, 6) is -5.93. The molecule has 0 N–H and O–H groups in total.